The van der Waals surface area contributed by atoms with Crippen LogP contribution in [0.4, 0.5) is 10.1 Å². The maximum atomic E-state index is 13.3. The number of carbonyl (C=O) groups is 1. The molecule has 4 heteroatoms. The zero-order valence-corrected chi connectivity index (χ0v) is 11.3. The lowest BCUT2D eigenvalue weighted by Gasteiger charge is -2.24. The summed E-state index contributed by atoms with van der Waals surface area (Å²) in [6.45, 7) is 2.66. The van der Waals surface area contributed by atoms with Gasteiger partial charge in [0.2, 0.25) is 0 Å². The smallest absolute Gasteiger partial charge is 0.258 e. The van der Waals surface area contributed by atoms with Crippen molar-refractivity contribution in [2.45, 2.75) is 6.92 Å². The molecule has 0 saturated heterocycles. The Labute approximate surface area is 117 Å². The second-order valence-electron chi connectivity index (χ2n) is 4.54. The lowest BCUT2D eigenvalue weighted by molar-refractivity contribution is 0.0987. The number of benzene rings is 2. The summed E-state index contributed by atoms with van der Waals surface area (Å²) in [5.41, 5.74) is 7.69. The zero-order valence-electron chi connectivity index (χ0n) is 11.3. The van der Waals surface area contributed by atoms with Gasteiger partial charge in [0, 0.05) is 24.3 Å². The van der Waals surface area contributed by atoms with E-state index >= 15 is 0 Å². The van der Waals surface area contributed by atoms with Crippen molar-refractivity contribution in [2.75, 3.05) is 18.0 Å². The summed E-state index contributed by atoms with van der Waals surface area (Å²) in [5.74, 6) is -0.669. The Morgan fingerprint density at radius 3 is 2.60 bits per heavy atom. The van der Waals surface area contributed by atoms with E-state index in [1.807, 2.05) is 31.2 Å². The predicted molar refractivity (Wildman–Crippen MR) is 78.3 cm³/mol. The average Bonchev–Trinajstić information content (AvgIpc) is 2.45. The van der Waals surface area contributed by atoms with Gasteiger partial charge in [-0.2, -0.15) is 0 Å². The molecule has 0 bridgehead atoms. The Hall–Kier alpha value is -2.20. The van der Waals surface area contributed by atoms with Gasteiger partial charge >= 0.3 is 0 Å². The summed E-state index contributed by atoms with van der Waals surface area (Å²) in [5, 5.41) is 0. The van der Waals surface area contributed by atoms with Gasteiger partial charge in [-0.25, -0.2) is 4.39 Å². The molecule has 0 spiro atoms. The molecule has 0 fully saturated rings. The van der Waals surface area contributed by atoms with Gasteiger partial charge in [-0.3, -0.25) is 4.79 Å². The van der Waals surface area contributed by atoms with Crippen molar-refractivity contribution < 1.29 is 9.18 Å². The molecule has 2 aromatic rings. The number of carbonyl (C=O) groups excluding carboxylic acids is 1. The molecule has 1 amide bonds. The van der Waals surface area contributed by atoms with Gasteiger partial charge in [0.05, 0.1) is 0 Å². The Balaban J connectivity index is 2.39. The second kappa shape index (κ2) is 6.30. The molecule has 104 valence electrons. The first-order valence-corrected chi connectivity index (χ1v) is 6.46. The third kappa shape index (κ3) is 3.03. The number of hydrogen-bond acceptors (Lipinski definition) is 2. The van der Waals surface area contributed by atoms with Crippen LogP contribution in [0, 0.1) is 12.7 Å². The summed E-state index contributed by atoms with van der Waals surface area (Å²) in [6, 6.07) is 13.3. The largest absolute Gasteiger partial charge is 0.329 e. The van der Waals surface area contributed by atoms with Gasteiger partial charge < -0.3 is 10.6 Å². The molecule has 20 heavy (non-hydrogen) atoms. The zero-order chi connectivity index (χ0) is 14.5. The fourth-order valence-corrected chi connectivity index (χ4v) is 2.10. The monoisotopic (exact) mass is 272 g/mol. The molecule has 0 radical (unpaired) electrons. The number of anilines is 1. The Morgan fingerprint density at radius 1 is 1.20 bits per heavy atom. The molecule has 0 aromatic heterocycles. The second-order valence-corrected chi connectivity index (χ2v) is 4.54. The van der Waals surface area contributed by atoms with E-state index in [-0.39, 0.29) is 5.91 Å². The van der Waals surface area contributed by atoms with Gasteiger partial charge in [-0.1, -0.05) is 24.3 Å². The van der Waals surface area contributed by atoms with Crippen LogP contribution in [-0.4, -0.2) is 19.0 Å². The maximum Gasteiger partial charge on any atom is 0.258 e. The lowest BCUT2D eigenvalue weighted by atomic mass is 10.1. The van der Waals surface area contributed by atoms with E-state index in [2.05, 4.69) is 0 Å². The molecule has 2 N–H and O–H groups in total. The summed E-state index contributed by atoms with van der Waals surface area (Å²) < 4.78 is 13.3. The highest BCUT2D eigenvalue weighted by Gasteiger charge is 2.18. The summed E-state index contributed by atoms with van der Waals surface area (Å²) in [6.07, 6.45) is 0. The molecular formula is C16H17FN2O. The first kappa shape index (κ1) is 14.2. The van der Waals surface area contributed by atoms with E-state index < -0.39 is 5.82 Å². The molecule has 0 aliphatic carbocycles. The summed E-state index contributed by atoms with van der Waals surface area (Å²) >= 11 is 0. The minimum Gasteiger partial charge on any atom is -0.329 e. The number of amides is 1. The molecule has 0 saturated carbocycles. The lowest BCUT2D eigenvalue weighted by Crippen LogP contribution is -2.35. The van der Waals surface area contributed by atoms with Crippen molar-refractivity contribution >= 4 is 11.6 Å². The van der Waals surface area contributed by atoms with Crippen molar-refractivity contribution in [1.82, 2.24) is 0 Å². The maximum absolute atomic E-state index is 13.3. The highest BCUT2D eigenvalue weighted by molar-refractivity contribution is 6.06. The topological polar surface area (TPSA) is 46.3 Å². The first-order valence-electron chi connectivity index (χ1n) is 6.46. The number of nitrogens with two attached hydrogens (primary N) is 1. The van der Waals surface area contributed by atoms with Crippen molar-refractivity contribution in [3.05, 3.63) is 65.5 Å². The number of para-hydroxylation sites is 1. The molecule has 2 rings (SSSR count). The van der Waals surface area contributed by atoms with Crippen LogP contribution in [0.3, 0.4) is 0 Å². The van der Waals surface area contributed by atoms with Crippen LogP contribution in [-0.2, 0) is 0 Å². The quantitative estimate of drug-likeness (QED) is 0.930. The van der Waals surface area contributed by atoms with Crippen LogP contribution >= 0.6 is 0 Å². The highest BCUT2D eigenvalue weighted by Crippen LogP contribution is 2.21. The minimum atomic E-state index is -0.423. The van der Waals surface area contributed by atoms with Crippen LogP contribution in [0.5, 0.6) is 0 Å². The van der Waals surface area contributed by atoms with Gasteiger partial charge in [0.25, 0.3) is 5.91 Å². The Bertz CT molecular complexity index is 613. The number of aryl methyl sites for hydroxylation is 1. The van der Waals surface area contributed by atoms with Crippen LogP contribution in [0.15, 0.2) is 48.5 Å². The van der Waals surface area contributed by atoms with Crippen LogP contribution < -0.4 is 10.6 Å². The number of nitrogens with zero attached hydrogens (tertiary/aromatic N) is 1. The third-order valence-corrected chi connectivity index (χ3v) is 3.08. The van der Waals surface area contributed by atoms with E-state index in [0.717, 1.165) is 11.3 Å². The predicted octanol–water partition coefficient (Wildman–Crippen LogP) is 2.74. The van der Waals surface area contributed by atoms with Crippen LogP contribution in [0.1, 0.15) is 15.9 Å². The van der Waals surface area contributed by atoms with Crippen LogP contribution in [0.2, 0.25) is 0 Å². The number of rotatable bonds is 4. The molecule has 0 heterocycles. The highest BCUT2D eigenvalue weighted by atomic mass is 19.1. The molecule has 0 aliphatic heterocycles. The molecule has 0 aliphatic rings. The fourth-order valence-electron chi connectivity index (χ4n) is 2.10. The van der Waals surface area contributed by atoms with Gasteiger partial charge in [-0.05, 0) is 36.8 Å². The van der Waals surface area contributed by atoms with E-state index in [1.54, 1.807) is 11.0 Å². The van der Waals surface area contributed by atoms with E-state index in [0.29, 0.717) is 18.7 Å². The van der Waals surface area contributed by atoms with E-state index in [1.165, 1.54) is 18.2 Å². The molecular weight excluding hydrogens is 255 g/mol. The molecule has 0 unspecified atom stereocenters. The summed E-state index contributed by atoms with van der Waals surface area (Å²) in [4.78, 5) is 14.1. The number of halogens is 1. The molecule has 3 nitrogen and oxygen atoms in total. The van der Waals surface area contributed by atoms with Gasteiger partial charge in [-0.15, -0.1) is 0 Å². The van der Waals surface area contributed by atoms with E-state index in [9.17, 15) is 9.18 Å². The normalized spacial score (nSPS) is 10.3. The first-order chi connectivity index (χ1) is 9.63. The van der Waals surface area contributed by atoms with Crippen molar-refractivity contribution in [2.24, 2.45) is 5.73 Å². The third-order valence-electron chi connectivity index (χ3n) is 3.08. The average molecular weight is 272 g/mol. The summed E-state index contributed by atoms with van der Waals surface area (Å²) in [7, 11) is 0. The van der Waals surface area contributed by atoms with Gasteiger partial charge in [0.1, 0.15) is 5.82 Å². The fraction of sp³-hybridized carbons (Fsp3) is 0.188. The van der Waals surface area contributed by atoms with E-state index in [4.69, 9.17) is 5.73 Å². The Morgan fingerprint density at radius 2 is 1.95 bits per heavy atom. The van der Waals surface area contributed by atoms with Crippen LogP contribution in [0.25, 0.3) is 0 Å². The SMILES string of the molecule is Cc1ccccc1N(CCN)C(=O)c1cccc(F)c1. The Kier molecular flexibility index (Phi) is 4.48. The standard InChI is InChI=1S/C16H17FN2O/c1-12-5-2-3-8-15(12)19(10-9-18)16(20)13-6-4-7-14(17)11-13/h2-8,11H,9-10,18H2,1H3. The number of hydrogen-bond donors (Lipinski definition) is 1. The van der Waals surface area contributed by atoms with Crippen molar-refractivity contribution in [3.63, 3.8) is 0 Å². The van der Waals surface area contributed by atoms with Crippen molar-refractivity contribution in [1.29, 1.82) is 0 Å². The minimum absolute atomic E-state index is 0.246. The molecule has 2 aromatic carbocycles. The molecule has 0 atom stereocenters. The van der Waals surface area contributed by atoms with Crippen molar-refractivity contribution in [3.8, 4) is 0 Å². The van der Waals surface area contributed by atoms with Gasteiger partial charge in [0.15, 0.2) is 0 Å².